The SMILES string of the molecule is O=C(CNC(=O)c1ccc(Br)o1)NCC1(N2CCOCC2)CCCCC1. The van der Waals surface area contributed by atoms with E-state index in [4.69, 9.17) is 9.15 Å². The maximum Gasteiger partial charge on any atom is 0.287 e. The van der Waals surface area contributed by atoms with Crippen LogP contribution in [0, 0.1) is 0 Å². The summed E-state index contributed by atoms with van der Waals surface area (Å²) in [6.07, 6.45) is 5.84. The summed E-state index contributed by atoms with van der Waals surface area (Å²) >= 11 is 3.15. The molecule has 0 aromatic carbocycles. The molecule has 2 amide bonds. The number of amides is 2. The Morgan fingerprint density at radius 1 is 1.12 bits per heavy atom. The molecule has 2 heterocycles. The molecule has 7 nitrogen and oxygen atoms in total. The van der Waals surface area contributed by atoms with E-state index in [0.717, 1.165) is 39.1 Å². The molecule has 0 radical (unpaired) electrons. The van der Waals surface area contributed by atoms with E-state index in [2.05, 4.69) is 31.5 Å². The van der Waals surface area contributed by atoms with E-state index in [1.54, 1.807) is 12.1 Å². The number of carbonyl (C=O) groups excluding carboxylic acids is 2. The average Bonchev–Trinajstić information content (AvgIpc) is 3.12. The smallest absolute Gasteiger partial charge is 0.287 e. The summed E-state index contributed by atoms with van der Waals surface area (Å²) in [4.78, 5) is 26.7. The van der Waals surface area contributed by atoms with E-state index in [1.165, 1.54) is 19.3 Å². The van der Waals surface area contributed by atoms with Gasteiger partial charge in [0.25, 0.3) is 5.91 Å². The monoisotopic (exact) mass is 427 g/mol. The van der Waals surface area contributed by atoms with Crippen molar-refractivity contribution in [2.75, 3.05) is 39.4 Å². The molecule has 0 spiro atoms. The Hall–Kier alpha value is -1.38. The Balaban J connectivity index is 1.50. The molecule has 2 N–H and O–H groups in total. The van der Waals surface area contributed by atoms with Gasteiger partial charge in [-0.2, -0.15) is 0 Å². The molecule has 8 heteroatoms. The molecule has 1 aliphatic carbocycles. The zero-order valence-electron chi connectivity index (χ0n) is 14.9. The van der Waals surface area contributed by atoms with Crippen LogP contribution in [0.15, 0.2) is 21.2 Å². The zero-order valence-corrected chi connectivity index (χ0v) is 16.5. The van der Waals surface area contributed by atoms with Crippen molar-refractivity contribution in [2.45, 2.75) is 37.6 Å². The Labute approximate surface area is 161 Å². The number of hydrogen-bond acceptors (Lipinski definition) is 5. The number of hydrogen-bond donors (Lipinski definition) is 2. The number of nitrogens with zero attached hydrogens (tertiary/aromatic N) is 1. The molecule has 1 aromatic heterocycles. The van der Waals surface area contributed by atoms with Crippen LogP contribution in [0.3, 0.4) is 0 Å². The lowest BCUT2D eigenvalue weighted by atomic mass is 9.79. The maximum absolute atomic E-state index is 12.2. The number of morpholine rings is 1. The summed E-state index contributed by atoms with van der Waals surface area (Å²) in [5, 5.41) is 5.62. The highest BCUT2D eigenvalue weighted by atomic mass is 79.9. The van der Waals surface area contributed by atoms with Crippen LogP contribution in [0.25, 0.3) is 0 Å². The Bertz CT molecular complexity index is 622. The molecule has 1 aromatic rings. The molecule has 1 aliphatic heterocycles. The van der Waals surface area contributed by atoms with Gasteiger partial charge in [0.2, 0.25) is 5.91 Å². The number of nitrogens with one attached hydrogen (secondary N) is 2. The van der Waals surface area contributed by atoms with Crippen molar-refractivity contribution in [3.63, 3.8) is 0 Å². The van der Waals surface area contributed by atoms with Gasteiger partial charge in [-0.05, 0) is 40.9 Å². The first-order chi connectivity index (χ1) is 12.6. The average molecular weight is 428 g/mol. The predicted molar refractivity (Wildman–Crippen MR) is 100.0 cm³/mol. The molecule has 2 fully saturated rings. The fraction of sp³-hybridized carbons (Fsp3) is 0.667. The normalized spacial score (nSPS) is 20.5. The molecular weight excluding hydrogens is 402 g/mol. The van der Waals surface area contributed by atoms with Crippen molar-refractivity contribution in [1.82, 2.24) is 15.5 Å². The van der Waals surface area contributed by atoms with Crippen LogP contribution in [-0.4, -0.2) is 61.6 Å². The predicted octanol–water partition coefficient (Wildman–Crippen LogP) is 1.92. The highest BCUT2D eigenvalue weighted by Gasteiger charge is 2.38. The summed E-state index contributed by atoms with van der Waals surface area (Å²) in [7, 11) is 0. The van der Waals surface area contributed by atoms with Gasteiger partial charge in [0, 0.05) is 25.2 Å². The lowest BCUT2D eigenvalue weighted by molar-refractivity contribution is -0.121. The third-order valence-electron chi connectivity index (χ3n) is 5.29. The minimum atomic E-state index is -0.397. The second-order valence-corrected chi connectivity index (χ2v) is 7.73. The largest absolute Gasteiger partial charge is 0.444 e. The van der Waals surface area contributed by atoms with Crippen LogP contribution in [0.1, 0.15) is 42.7 Å². The Morgan fingerprint density at radius 2 is 1.85 bits per heavy atom. The van der Waals surface area contributed by atoms with Crippen LogP contribution in [0.2, 0.25) is 0 Å². The van der Waals surface area contributed by atoms with Gasteiger partial charge in [0.1, 0.15) is 0 Å². The molecule has 3 rings (SSSR count). The summed E-state index contributed by atoms with van der Waals surface area (Å²) in [5.74, 6) is -0.393. The van der Waals surface area contributed by atoms with E-state index in [0.29, 0.717) is 11.2 Å². The minimum absolute atomic E-state index is 0.0214. The van der Waals surface area contributed by atoms with Crippen molar-refractivity contribution in [3.05, 3.63) is 22.6 Å². The van der Waals surface area contributed by atoms with Gasteiger partial charge in [0.15, 0.2) is 10.4 Å². The van der Waals surface area contributed by atoms with E-state index in [9.17, 15) is 9.59 Å². The third kappa shape index (κ3) is 4.86. The molecule has 144 valence electrons. The number of rotatable bonds is 6. The summed E-state index contributed by atoms with van der Waals surface area (Å²) in [5.41, 5.74) is 0.0214. The van der Waals surface area contributed by atoms with Gasteiger partial charge in [-0.3, -0.25) is 14.5 Å². The lowest BCUT2D eigenvalue weighted by Gasteiger charge is -2.48. The van der Waals surface area contributed by atoms with Crippen LogP contribution in [0.5, 0.6) is 0 Å². The summed E-state index contributed by atoms with van der Waals surface area (Å²) in [6.45, 7) is 3.90. The van der Waals surface area contributed by atoms with Gasteiger partial charge < -0.3 is 19.8 Å². The zero-order chi connectivity index (χ0) is 18.4. The van der Waals surface area contributed by atoms with E-state index >= 15 is 0 Å². The van der Waals surface area contributed by atoms with Crippen molar-refractivity contribution in [2.24, 2.45) is 0 Å². The van der Waals surface area contributed by atoms with Crippen molar-refractivity contribution in [1.29, 1.82) is 0 Å². The first kappa shape index (κ1) is 19.4. The molecular formula is C18H26BrN3O4. The number of halogens is 1. The Morgan fingerprint density at radius 3 is 2.50 bits per heavy atom. The second kappa shape index (κ2) is 9.01. The number of ether oxygens (including phenoxy) is 1. The van der Waals surface area contributed by atoms with Gasteiger partial charge >= 0.3 is 0 Å². The standard InChI is InChI=1S/C18H26BrN3O4/c19-15-5-4-14(26-15)17(24)20-12-16(23)21-13-18(6-2-1-3-7-18)22-8-10-25-11-9-22/h4-5H,1-3,6-13H2,(H,20,24)(H,21,23). The van der Waals surface area contributed by atoms with Crippen molar-refractivity contribution < 1.29 is 18.7 Å². The van der Waals surface area contributed by atoms with Crippen LogP contribution >= 0.6 is 15.9 Å². The lowest BCUT2D eigenvalue weighted by Crippen LogP contribution is -2.60. The van der Waals surface area contributed by atoms with Crippen molar-refractivity contribution >= 4 is 27.7 Å². The molecule has 1 saturated heterocycles. The first-order valence-corrected chi connectivity index (χ1v) is 10.0. The molecule has 2 aliphatic rings. The van der Waals surface area contributed by atoms with Crippen LogP contribution in [0.4, 0.5) is 0 Å². The summed E-state index contributed by atoms with van der Waals surface area (Å²) in [6, 6.07) is 3.21. The van der Waals surface area contributed by atoms with E-state index in [1.807, 2.05) is 0 Å². The molecule has 1 saturated carbocycles. The van der Waals surface area contributed by atoms with E-state index < -0.39 is 5.91 Å². The topological polar surface area (TPSA) is 83.8 Å². The molecule has 26 heavy (non-hydrogen) atoms. The van der Waals surface area contributed by atoms with Crippen LogP contribution in [-0.2, 0) is 9.53 Å². The fourth-order valence-electron chi connectivity index (χ4n) is 3.86. The Kier molecular flexibility index (Phi) is 6.72. The highest BCUT2D eigenvalue weighted by molar-refractivity contribution is 9.10. The maximum atomic E-state index is 12.2. The van der Waals surface area contributed by atoms with E-state index in [-0.39, 0.29) is 23.8 Å². The highest BCUT2D eigenvalue weighted by Crippen LogP contribution is 2.33. The van der Waals surface area contributed by atoms with Gasteiger partial charge in [-0.15, -0.1) is 0 Å². The molecule has 0 unspecified atom stereocenters. The fourth-order valence-corrected chi connectivity index (χ4v) is 4.17. The van der Waals surface area contributed by atoms with Crippen molar-refractivity contribution in [3.8, 4) is 0 Å². The summed E-state index contributed by atoms with van der Waals surface area (Å²) < 4.78 is 11.1. The molecule has 0 bridgehead atoms. The number of furan rings is 1. The third-order valence-corrected chi connectivity index (χ3v) is 5.71. The first-order valence-electron chi connectivity index (χ1n) is 9.22. The number of carbonyl (C=O) groups is 2. The van der Waals surface area contributed by atoms with Gasteiger partial charge in [-0.25, -0.2) is 0 Å². The quantitative estimate of drug-likeness (QED) is 0.724. The molecule has 0 atom stereocenters. The van der Waals surface area contributed by atoms with Gasteiger partial charge in [-0.1, -0.05) is 19.3 Å². The van der Waals surface area contributed by atoms with Crippen LogP contribution < -0.4 is 10.6 Å². The second-order valence-electron chi connectivity index (χ2n) is 6.95. The minimum Gasteiger partial charge on any atom is -0.444 e. The van der Waals surface area contributed by atoms with Gasteiger partial charge in [0.05, 0.1) is 19.8 Å².